The van der Waals surface area contributed by atoms with Gasteiger partial charge in [-0.3, -0.25) is 0 Å². The molecule has 0 aliphatic carbocycles. The van der Waals surface area contributed by atoms with Gasteiger partial charge >= 0.3 is 0 Å². The highest BCUT2D eigenvalue weighted by Crippen LogP contribution is 2.04. The van der Waals surface area contributed by atoms with Gasteiger partial charge in [0.2, 0.25) is 0 Å². The third kappa shape index (κ3) is 17.2. The molecule has 0 aliphatic rings. The quantitative estimate of drug-likeness (QED) is 0.346. The molecule has 0 rings (SSSR count). The molecule has 0 aromatic heterocycles. The fourth-order valence-electron chi connectivity index (χ4n) is 1.75. The summed E-state index contributed by atoms with van der Waals surface area (Å²) in [5, 5.41) is 8.69. The normalized spacial score (nSPS) is 16.4. The maximum Gasteiger partial charge on any atom is 0.146 e. The summed E-state index contributed by atoms with van der Waals surface area (Å²) in [6, 6.07) is 0. The monoisotopic (exact) mass is 388 g/mol. The molecule has 142 valence electrons. The van der Waals surface area contributed by atoms with Gasteiger partial charge in [-0.1, -0.05) is 13.8 Å². The standard InChI is InChI=1S/C7H19O3PSi.C7H18O3Si/c1-3-7(5-9-12)10-6(2)4-8-11;1-3-7(5-9-11)10-6(2)4-8/h6-7H,3-5,11H2,1-2,12H3;6-8H,3-5H2,1-2,11H3/t2*6-,7+/m00/s1. The Bertz CT molecular complexity index is 241. The fraction of sp³-hybridized carbons (Fsp3) is 1.00. The first-order valence-corrected chi connectivity index (χ1v) is 10.3. The van der Waals surface area contributed by atoms with Crippen LogP contribution >= 0.6 is 9.47 Å². The second-order valence-corrected chi connectivity index (χ2v) is 6.87. The summed E-state index contributed by atoms with van der Waals surface area (Å²) >= 11 is 0. The molecule has 0 saturated carbocycles. The van der Waals surface area contributed by atoms with Crippen LogP contribution in [-0.2, 0) is 22.8 Å². The number of hydrogen-bond acceptors (Lipinski definition) is 6. The molecule has 23 heavy (non-hydrogen) atoms. The van der Waals surface area contributed by atoms with Crippen LogP contribution in [0.3, 0.4) is 0 Å². The summed E-state index contributed by atoms with van der Waals surface area (Å²) in [6.07, 6.45) is 2.36. The summed E-state index contributed by atoms with van der Waals surface area (Å²) in [6.45, 7) is 10.1. The molecule has 6 nitrogen and oxygen atoms in total. The van der Waals surface area contributed by atoms with Gasteiger partial charge in [0, 0.05) is 9.47 Å². The summed E-state index contributed by atoms with van der Waals surface area (Å²) in [5.41, 5.74) is 0. The van der Waals surface area contributed by atoms with E-state index in [4.69, 9.17) is 28.0 Å². The molecule has 1 N–H and O–H groups in total. The Kier molecular flexibility index (Phi) is 21.3. The molecule has 0 radical (unpaired) electrons. The van der Waals surface area contributed by atoms with Crippen LogP contribution in [0.15, 0.2) is 0 Å². The van der Waals surface area contributed by atoms with E-state index in [0.717, 1.165) is 33.8 Å². The number of rotatable bonds is 13. The van der Waals surface area contributed by atoms with E-state index in [0.29, 0.717) is 19.8 Å². The molecule has 0 aliphatic heterocycles. The van der Waals surface area contributed by atoms with E-state index in [2.05, 4.69) is 23.3 Å². The van der Waals surface area contributed by atoms with Gasteiger partial charge < -0.3 is 28.0 Å². The third-order valence-corrected chi connectivity index (χ3v) is 3.91. The van der Waals surface area contributed by atoms with Crippen molar-refractivity contribution in [3.63, 3.8) is 0 Å². The van der Waals surface area contributed by atoms with Crippen LogP contribution in [0, 0.1) is 0 Å². The average Bonchev–Trinajstić information content (AvgIpc) is 2.54. The van der Waals surface area contributed by atoms with E-state index in [1.54, 1.807) is 0 Å². The predicted molar refractivity (Wildman–Crippen MR) is 104 cm³/mol. The molecule has 0 heterocycles. The van der Waals surface area contributed by atoms with Crippen LogP contribution in [0.1, 0.15) is 40.5 Å². The summed E-state index contributed by atoms with van der Waals surface area (Å²) in [4.78, 5) is 0. The van der Waals surface area contributed by atoms with Crippen molar-refractivity contribution in [1.82, 2.24) is 0 Å². The minimum absolute atomic E-state index is 0.0724. The Morgan fingerprint density at radius 1 is 0.870 bits per heavy atom. The number of aliphatic hydroxyl groups is 1. The zero-order chi connectivity index (χ0) is 18.1. The zero-order valence-corrected chi connectivity index (χ0v) is 20.8. The van der Waals surface area contributed by atoms with E-state index in [1.165, 1.54) is 0 Å². The summed E-state index contributed by atoms with van der Waals surface area (Å²) < 4.78 is 26.2. The van der Waals surface area contributed by atoms with Crippen LogP contribution in [-0.4, -0.2) is 76.9 Å². The molecule has 1 unspecified atom stereocenters. The molecule has 5 atom stereocenters. The van der Waals surface area contributed by atoms with Crippen molar-refractivity contribution in [2.75, 3.05) is 26.4 Å². The Morgan fingerprint density at radius 2 is 1.30 bits per heavy atom. The molecule has 0 saturated heterocycles. The summed E-state index contributed by atoms with van der Waals surface area (Å²) in [5.74, 6) is 0. The number of aliphatic hydroxyl groups excluding tert-OH is 1. The topological polar surface area (TPSA) is 66.4 Å². The van der Waals surface area contributed by atoms with Gasteiger partial charge in [0.1, 0.15) is 21.0 Å². The van der Waals surface area contributed by atoms with E-state index < -0.39 is 0 Å². The maximum atomic E-state index is 8.69. The van der Waals surface area contributed by atoms with E-state index in [1.807, 2.05) is 13.8 Å². The Labute approximate surface area is 150 Å². The van der Waals surface area contributed by atoms with Gasteiger partial charge in [0.05, 0.1) is 50.8 Å². The maximum absolute atomic E-state index is 8.69. The van der Waals surface area contributed by atoms with Crippen molar-refractivity contribution in [2.24, 2.45) is 0 Å². The molecule has 9 heteroatoms. The largest absolute Gasteiger partial charge is 0.425 e. The Hall–Kier alpha value is 0.624. The van der Waals surface area contributed by atoms with Crippen molar-refractivity contribution < 1.29 is 28.0 Å². The SMILES string of the molecule is CC[C@H](CO[SiH3])O[C@@H](C)CO.CC[C@H](CO[SiH3])O[C@@H](C)COP. The predicted octanol–water partition coefficient (Wildman–Crippen LogP) is -0.267. The van der Waals surface area contributed by atoms with Gasteiger partial charge in [-0.25, -0.2) is 0 Å². The van der Waals surface area contributed by atoms with Gasteiger partial charge in [-0.15, -0.1) is 0 Å². The van der Waals surface area contributed by atoms with Crippen LogP contribution < -0.4 is 0 Å². The second-order valence-electron chi connectivity index (χ2n) is 5.38. The first-order valence-electron chi connectivity index (χ1n) is 8.20. The van der Waals surface area contributed by atoms with Crippen molar-refractivity contribution in [2.45, 2.75) is 65.0 Å². The molecule has 0 amide bonds. The molecular formula is C14H37O6PSi2. The van der Waals surface area contributed by atoms with Crippen LogP contribution in [0.4, 0.5) is 0 Å². The first-order chi connectivity index (χ1) is 11.0. The van der Waals surface area contributed by atoms with Gasteiger partial charge in [-0.05, 0) is 26.7 Å². The molecule has 0 aromatic carbocycles. The molecule has 0 spiro atoms. The Balaban J connectivity index is 0. The lowest BCUT2D eigenvalue weighted by atomic mass is 10.3. The highest BCUT2D eigenvalue weighted by Gasteiger charge is 2.10. The molecule has 0 aromatic rings. The van der Waals surface area contributed by atoms with Gasteiger partial charge in [0.15, 0.2) is 0 Å². The lowest BCUT2D eigenvalue weighted by molar-refractivity contribution is -0.0472. The zero-order valence-electron chi connectivity index (χ0n) is 15.6. The average molecular weight is 389 g/mol. The Morgan fingerprint density at radius 3 is 1.61 bits per heavy atom. The minimum Gasteiger partial charge on any atom is -0.425 e. The smallest absolute Gasteiger partial charge is 0.146 e. The molecule has 0 fully saturated rings. The van der Waals surface area contributed by atoms with Crippen molar-refractivity contribution in [3.05, 3.63) is 0 Å². The minimum atomic E-state index is -0.0724. The van der Waals surface area contributed by atoms with Crippen molar-refractivity contribution >= 4 is 30.4 Å². The van der Waals surface area contributed by atoms with E-state index in [9.17, 15) is 0 Å². The molecule has 0 bridgehead atoms. The molecular weight excluding hydrogens is 351 g/mol. The first kappa shape index (κ1) is 25.9. The van der Waals surface area contributed by atoms with E-state index in [-0.39, 0.29) is 31.0 Å². The van der Waals surface area contributed by atoms with Crippen LogP contribution in [0.5, 0.6) is 0 Å². The number of ether oxygens (including phenoxy) is 2. The van der Waals surface area contributed by atoms with E-state index >= 15 is 0 Å². The summed E-state index contributed by atoms with van der Waals surface area (Å²) in [7, 11) is 3.75. The third-order valence-electron chi connectivity index (χ3n) is 3.05. The second kappa shape index (κ2) is 19.0. The van der Waals surface area contributed by atoms with Gasteiger partial charge in [0.25, 0.3) is 0 Å². The van der Waals surface area contributed by atoms with Crippen molar-refractivity contribution in [1.29, 1.82) is 0 Å². The highest BCUT2D eigenvalue weighted by atomic mass is 31.0. The lowest BCUT2D eigenvalue weighted by Gasteiger charge is -2.20. The van der Waals surface area contributed by atoms with Crippen LogP contribution in [0.2, 0.25) is 0 Å². The number of hydrogen-bond donors (Lipinski definition) is 1. The van der Waals surface area contributed by atoms with Gasteiger partial charge in [-0.2, -0.15) is 0 Å². The van der Waals surface area contributed by atoms with Crippen LogP contribution in [0.25, 0.3) is 0 Å². The lowest BCUT2D eigenvalue weighted by Crippen LogP contribution is -2.26. The van der Waals surface area contributed by atoms with Crippen molar-refractivity contribution in [3.8, 4) is 0 Å². The fourth-order valence-corrected chi connectivity index (χ4v) is 2.77. The highest BCUT2D eigenvalue weighted by molar-refractivity contribution is 7.09.